The van der Waals surface area contributed by atoms with Crippen molar-refractivity contribution >= 4 is 50.1 Å². The molecule has 0 aliphatic heterocycles. The number of anilines is 1. The minimum Gasteiger partial charge on any atom is -0.451 e. The molecule has 2 aromatic carbocycles. The van der Waals surface area contributed by atoms with Gasteiger partial charge in [0.2, 0.25) is 0 Å². The second-order valence-electron chi connectivity index (χ2n) is 4.63. The molecule has 0 bridgehead atoms. The predicted molar refractivity (Wildman–Crippen MR) is 88.1 cm³/mol. The third kappa shape index (κ3) is 2.69. The van der Waals surface area contributed by atoms with Crippen LogP contribution in [0.1, 0.15) is 16.1 Å². The zero-order valence-corrected chi connectivity index (χ0v) is 13.5. The van der Waals surface area contributed by atoms with Gasteiger partial charge in [-0.1, -0.05) is 23.7 Å². The standard InChI is InChI=1S/C16H11BrClNO2/c1-9-11-8-10(18)6-7-14(11)21-15(9)16(20)19-13-5-3-2-4-12(13)17/h2-8H,1H3,(H,19,20). The minimum atomic E-state index is -0.285. The Labute approximate surface area is 135 Å². The van der Waals surface area contributed by atoms with Crippen molar-refractivity contribution in [1.29, 1.82) is 0 Å². The fourth-order valence-electron chi connectivity index (χ4n) is 2.15. The molecule has 5 heteroatoms. The van der Waals surface area contributed by atoms with Crippen LogP contribution < -0.4 is 5.32 Å². The van der Waals surface area contributed by atoms with E-state index in [1.165, 1.54) is 0 Å². The Morgan fingerprint density at radius 2 is 2.00 bits per heavy atom. The number of furan rings is 1. The number of nitrogens with one attached hydrogen (secondary N) is 1. The van der Waals surface area contributed by atoms with Crippen molar-refractivity contribution in [2.24, 2.45) is 0 Å². The number of halogens is 2. The summed E-state index contributed by atoms with van der Waals surface area (Å²) in [6, 6.07) is 12.7. The van der Waals surface area contributed by atoms with E-state index in [2.05, 4.69) is 21.2 Å². The van der Waals surface area contributed by atoms with Gasteiger partial charge in [0.1, 0.15) is 5.58 Å². The first-order valence-electron chi connectivity index (χ1n) is 6.31. The maximum atomic E-state index is 12.4. The van der Waals surface area contributed by atoms with Crippen molar-refractivity contribution in [3.8, 4) is 0 Å². The number of amides is 1. The van der Waals surface area contributed by atoms with E-state index < -0.39 is 0 Å². The van der Waals surface area contributed by atoms with Gasteiger partial charge >= 0.3 is 0 Å². The van der Waals surface area contributed by atoms with Gasteiger partial charge in [-0.05, 0) is 53.2 Å². The summed E-state index contributed by atoms with van der Waals surface area (Å²) < 4.78 is 6.46. The van der Waals surface area contributed by atoms with Crippen molar-refractivity contribution in [2.45, 2.75) is 6.92 Å². The van der Waals surface area contributed by atoms with Crippen LogP contribution in [0.2, 0.25) is 5.02 Å². The highest BCUT2D eigenvalue weighted by molar-refractivity contribution is 9.10. The molecule has 3 rings (SSSR count). The summed E-state index contributed by atoms with van der Waals surface area (Å²) >= 11 is 9.38. The van der Waals surface area contributed by atoms with Crippen LogP contribution in [0.4, 0.5) is 5.69 Å². The fraction of sp³-hybridized carbons (Fsp3) is 0.0625. The Morgan fingerprint density at radius 3 is 2.76 bits per heavy atom. The molecule has 0 radical (unpaired) electrons. The van der Waals surface area contributed by atoms with Crippen LogP contribution in [0.25, 0.3) is 11.0 Å². The molecule has 1 amide bonds. The second-order valence-corrected chi connectivity index (χ2v) is 5.92. The van der Waals surface area contributed by atoms with Crippen molar-refractivity contribution in [3.63, 3.8) is 0 Å². The summed E-state index contributed by atoms with van der Waals surface area (Å²) in [4.78, 5) is 12.4. The van der Waals surface area contributed by atoms with Gasteiger partial charge in [-0.15, -0.1) is 0 Å². The van der Waals surface area contributed by atoms with Gasteiger partial charge in [-0.25, -0.2) is 0 Å². The summed E-state index contributed by atoms with van der Waals surface area (Å²) in [7, 11) is 0. The zero-order valence-electron chi connectivity index (χ0n) is 11.1. The lowest BCUT2D eigenvalue weighted by atomic mass is 10.1. The molecule has 0 unspecified atom stereocenters. The lowest BCUT2D eigenvalue weighted by Gasteiger charge is -2.05. The average molecular weight is 365 g/mol. The third-order valence-corrected chi connectivity index (χ3v) is 4.15. The highest BCUT2D eigenvalue weighted by atomic mass is 79.9. The molecular weight excluding hydrogens is 354 g/mol. The van der Waals surface area contributed by atoms with Gasteiger partial charge < -0.3 is 9.73 Å². The molecule has 0 aliphatic rings. The number of benzene rings is 2. The van der Waals surface area contributed by atoms with Crippen LogP contribution in [-0.4, -0.2) is 5.91 Å². The Balaban J connectivity index is 1.99. The Kier molecular flexibility index (Phi) is 3.74. The highest BCUT2D eigenvalue weighted by Crippen LogP contribution is 2.29. The Hall–Kier alpha value is -1.78. The monoisotopic (exact) mass is 363 g/mol. The van der Waals surface area contributed by atoms with E-state index in [9.17, 15) is 4.79 Å². The van der Waals surface area contributed by atoms with Gasteiger partial charge in [0.25, 0.3) is 5.91 Å². The number of fused-ring (bicyclic) bond motifs is 1. The zero-order chi connectivity index (χ0) is 15.0. The molecule has 3 aromatic rings. The fourth-order valence-corrected chi connectivity index (χ4v) is 2.71. The summed E-state index contributed by atoms with van der Waals surface area (Å²) in [5.74, 6) is 0.00902. The lowest BCUT2D eigenvalue weighted by molar-refractivity contribution is 0.0998. The molecule has 106 valence electrons. The maximum Gasteiger partial charge on any atom is 0.291 e. The van der Waals surface area contributed by atoms with E-state index in [4.69, 9.17) is 16.0 Å². The largest absolute Gasteiger partial charge is 0.451 e. The molecule has 0 saturated carbocycles. The molecule has 1 heterocycles. The third-order valence-electron chi connectivity index (χ3n) is 3.23. The van der Waals surface area contributed by atoms with Crippen LogP contribution in [0.5, 0.6) is 0 Å². The van der Waals surface area contributed by atoms with Crippen molar-refractivity contribution in [3.05, 3.63) is 63.3 Å². The first-order valence-corrected chi connectivity index (χ1v) is 7.48. The summed E-state index contributed by atoms with van der Waals surface area (Å²) in [6.07, 6.45) is 0. The summed E-state index contributed by atoms with van der Waals surface area (Å²) in [5, 5.41) is 4.29. The van der Waals surface area contributed by atoms with Crippen molar-refractivity contribution < 1.29 is 9.21 Å². The molecule has 0 saturated heterocycles. The van der Waals surface area contributed by atoms with E-state index in [1.54, 1.807) is 18.2 Å². The number of para-hydroxylation sites is 1. The highest BCUT2D eigenvalue weighted by Gasteiger charge is 2.18. The van der Waals surface area contributed by atoms with E-state index in [-0.39, 0.29) is 5.91 Å². The van der Waals surface area contributed by atoms with E-state index >= 15 is 0 Å². The minimum absolute atomic E-state index is 0.285. The predicted octanol–water partition coefficient (Wildman–Crippen LogP) is 5.41. The number of carbonyl (C=O) groups is 1. The van der Waals surface area contributed by atoms with Gasteiger partial charge in [0, 0.05) is 20.4 Å². The van der Waals surface area contributed by atoms with Crippen molar-refractivity contribution in [2.75, 3.05) is 5.32 Å². The molecule has 1 N–H and O–H groups in total. The number of rotatable bonds is 2. The summed E-state index contributed by atoms with van der Waals surface area (Å²) in [5.41, 5.74) is 2.12. The van der Waals surface area contributed by atoms with E-state index in [0.29, 0.717) is 22.1 Å². The van der Waals surface area contributed by atoms with Crippen LogP contribution in [0, 0.1) is 6.92 Å². The number of aryl methyl sites for hydroxylation is 1. The second kappa shape index (κ2) is 5.54. The molecule has 21 heavy (non-hydrogen) atoms. The molecule has 0 fully saturated rings. The van der Waals surface area contributed by atoms with Crippen LogP contribution >= 0.6 is 27.5 Å². The van der Waals surface area contributed by atoms with Crippen molar-refractivity contribution in [1.82, 2.24) is 0 Å². The Bertz CT molecular complexity index is 841. The van der Waals surface area contributed by atoms with Gasteiger partial charge in [0.15, 0.2) is 5.76 Å². The first-order chi connectivity index (χ1) is 10.1. The van der Waals surface area contributed by atoms with Crippen LogP contribution in [-0.2, 0) is 0 Å². The average Bonchev–Trinajstić information content (AvgIpc) is 2.79. The van der Waals surface area contributed by atoms with Gasteiger partial charge in [-0.2, -0.15) is 0 Å². The van der Waals surface area contributed by atoms with E-state index in [1.807, 2.05) is 31.2 Å². The van der Waals surface area contributed by atoms with Crippen LogP contribution in [0.15, 0.2) is 51.4 Å². The molecule has 3 nitrogen and oxygen atoms in total. The SMILES string of the molecule is Cc1c(C(=O)Nc2ccccc2Br)oc2ccc(Cl)cc12. The molecule has 0 spiro atoms. The lowest BCUT2D eigenvalue weighted by Crippen LogP contribution is -2.12. The normalized spacial score (nSPS) is 10.8. The number of hydrogen-bond donors (Lipinski definition) is 1. The molecule has 1 aromatic heterocycles. The summed E-state index contributed by atoms with van der Waals surface area (Å²) in [6.45, 7) is 1.84. The van der Waals surface area contributed by atoms with Gasteiger partial charge in [0.05, 0.1) is 5.69 Å². The maximum absolute atomic E-state index is 12.4. The molecular formula is C16H11BrClNO2. The topological polar surface area (TPSA) is 42.2 Å². The van der Waals surface area contributed by atoms with Crippen LogP contribution in [0.3, 0.4) is 0 Å². The molecule has 0 aliphatic carbocycles. The number of hydrogen-bond acceptors (Lipinski definition) is 2. The molecule has 0 atom stereocenters. The first kappa shape index (κ1) is 14.2. The van der Waals surface area contributed by atoms with E-state index in [0.717, 1.165) is 15.4 Å². The quantitative estimate of drug-likeness (QED) is 0.660. The number of carbonyl (C=O) groups excluding carboxylic acids is 1. The smallest absolute Gasteiger partial charge is 0.291 e. The Morgan fingerprint density at radius 1 is 1.24 bits per heavy atom. The van der Waals surface area contributed by atoms with Gasteiger partial charge in [-0.3, -0.25) is 4.79 Å².